The molecule has 1 unspecified atom stereocenters. The number of hydrogen-bond acceptors (Lipinski definition) is 5. The van der Waals surface area contributed by atoms with Gasteiger partial charge in [0.15, 0.2) is 0 Å². The molecule has 1 fully saturated rings. The minimum absolute atomic E-state index is 0.211. The predicted octanol–water partition coefficient (Wildman–Crippen LogP) is -1.36. The van der Waals surface area contributed by atoms with Gasteiger partial charge in [-0.05, 0) is 22.6 Å². The van der Waals surface area contributed by atoms with Gasteiger partial charge in [-0.2, -0.15) is 0 Å². The Kier molecular flexibility index (Phi) is 3.62. The zero-order chi connectivity index (χ0) is 12.4. The third-order valence-corrected chi connectivity index (χ3v) is 3.59. The third-order valence-electron chi connectivity index (χ3n) is 2.62. The Morgan fingerprint density at radius 2 is 2.41 bits per heavy atom. The van der Waals surface area contributed by atoms with Crippen LogP contribution in [-0.2, 0) is 4.79 Å². The monoisotopic (exact) mass is 349 g/mol. The summed E-state index contributed by atoms with van der Waals surface area (Å²) in [5.74, 6) is 0.0923. The quantitative estimate of drug-likeness (QED) is 0.572. The zero-order valence-electron chi connectivity index (χ0n) is 8.94. The Hall–Kier alpha value is -1.16. The van der Waals surface area contributed by atoms with Crippen LogP contribution in [0.1, 0.15) is 0 Å². The lowest BCUT2D eigenvalue weighted by atomic mass is 10.2. The number of hydrogen-bond donors (Lipinski definition) is 3. The second-order valence-corrected chi connectivity index (χ2v) is 4.76. The molecule has 4 N–H and O–H groups in total. The second kappa shape index (κ2) is 5.00. The summed E-state index contributed by atoms with van der Waals surface area (Å²) >= 11 is 1.92. The van der Waals surface area contributed by atoms with Gasteiger partial charge in [-0.3, -0.25) is 9.59 Å². The van der Waals surface area contributed by atoms with Gasteiger partial charge < -0.3 is 20.9 Å². The number of aromatic nitrogens is 2. The van der Waals surface area contributed by atoms with Crippen LogP contribution >= 0.6 is 22.6 Å². The molecular weight excluding hydrogens is 337 g/mol. The molecule has 1 aliphatic rings. The van der Waals surface area contributed by atoms with Crippen LogP contribution in [0.25, 0.3) is 0 Å². The van der Waals surface area contributed by atoms with Gasteiger partial charge in [-0.15, -0.1) is 0 Å². The average Bonchev–Trinajstić information content (AvgIpc) is 2.33. The highest BCUT2D eigenvalue weighted by Crippen LogP contribution is 2.18. The van der Waals surface area contributed by atoms with E-state index in [2.05, 4.69) is 15.3 Å². The van der Waals surface area contributed by atoms with Crippen molar-refractivity contribution in [2.45, 2.75) is 6.04 Å². The number of carbonyl (C=O) groups is 1. The lowest BCUT2D eigenvalue weighted by molar-refractivity contribution is -0.119. The molecule has 17 heavy (non-hydrogen) atoms. The number of halogens is 1. The average molecular weight is 349 g/mol. The summed E-state index contributed by atoms with van der Waals surface area (Å²) in [5, 5.41) is 3.09. The fourth-order valence-electron chi connectivity index (χ4n) is 1.79. The molecule has 1 saturated heterocycles. The molecule has 0 aliphatic carbocycles. The van der Waals surface area contributed by atoms with E-state index in [1.54, 1.807) is 4.90 Å². The van der Waals surface area contributed by atoms with E-state index in [9.17, 15) is 9.59 Å². The van der Waals surface area contributed by atoms with Crippen LogP contribution < -0.4 is 21.5 Å². The van der Waals surface area contributed by atoms with Gasteiger partial charge in [-0.25, -0.2) is 4.98 Å². The summed E-state index contributed by atoms with van der Waals surface area (Å²) in [6.07, 6.45) is 1.33. The SMILES string of the molecule is NC(=O)C1CNCCN1c1nc[nH]c(=O)c1I. The molecule has 8 heteroatoms. The molecule has 0 saturated carbocycles. The van der Waals surface area contributed by atoms with Gasteiger partial charge in [0.1, 0.15) is 15.4 Å². The Morgan fingerprint density at radius 3 is 3.12 bits per heavy atom. The largest absolute Gasteiger partial charge is 0.368 e. The van der Waals surface area contributed by atoms with Gasteiger partial charge >= 0.3 is 0 Å². The minimum Gasteiger partial charge on any atom is -0.368 e. The van der Waals surface area contributed by atoms with Crippen molar-refractivity contribution in [3.8, 4) is 0 Å². The molecule has 0 radical (unpaired) electrons. The van der Waals surface area contributed by atoms with Crippen LogP contribution in [0.15, 0.2) is 11.1 Å². The molecule has 1 aliphatic heterocycles. The molecule has 7 nitrogen and oxygen atoms in total. The van der Waals surface area contributed by atoms with Crippen molar-refractivity contribution in [3.05, 3.63) is 20.3 Å². The number of H-pyrrole nitrogens is 1. The third kappa shape index (κ3) is 2.41. The standard InChI is InChI=1S/C9H12IN5O2/c10-6-8(13-4-14-9(6)17)15-2-1-12-3-5(15)7(11)16/h4-5,12H,1-3H2,(H2,11,16)(H,13,14,17). The maximum absolute atomic E-state index is 11.5. The van der Waals surface area contributed by atoms with E-state index in [-0.39, 0.29) is 5.56 Å². The summed E-state index contributed by atoms with van der Waals surface area (Å²) in [4.78, 5) is 31.2. The van der Waals surface area contributed by atoms with Crippen molar-refractivity contribution in [1.29, 1.82) is 0 Å². The predicted molar refractivity (Wildman–Crippen MR) is 70.8 cm³/mol. The van der Waals surface area contributed by atoms with E-state index in [0.717, 1.165) is 6.54 Å². The van der Waals surface area contributed by atoms with Crippen LogP contribution in [0, 0.1) is 3.57 Å². The van der Waals surface area contributed by atoms with Crippen LogP contribution in [-0.4, -0.2) is 41.6 Å². The smallest absolute Gasteiger partial charge is 0.266 e. The van der Waals surface area contributed by atoms with Crippen molar-refractivity contribution >= 4 is 34.3 Å². The number of aromatic amines is 1. The number of nitrogens with two attached hydrogens (primary N) is 1. The summed E-state index contributed by atoms with van der Waals surface area (Å²) in [5.41, 5.74) is 5.14. The van der Waals surface area contributed by atoms with Gasteiger partial charge in [0.05, 0.1) is 6.33 Å². The maximum atomic E-state index is 11.5. The van der Waals surface area contributed by atoms with Crippen molar-refractivity contribution in [3.63, 3.8) is 0 Å². The van der Waals surface area contributed by atoms with Crippen LogP contribution in [0.5, 0.6) is 0 Å². The van der Waals surface area contributed by atoms with Gasteiger partial charge in [0.2, 0.25) is 5.91 Å². The van der Waals surface area contributed by atoms with Crippen LogP contribution in [0.4, 0.5) is 5.82 Å². The minimum atomic E-state index is -0.466. The van der Waals surface area contributed by atoms with Crippen molar-refractivity contribution in [2.24, 2.45) is 5.73 Å². The van der Waals surface area contributed by atoms with E-state index in [1.165, 1.54) is 6.33 Å². The highest BCUT2D eigenvalue weighted by Gasteiger charge is 2.29. The van der Waals surface area contributed by atoms with Crippen molar-refractivity contribution in [1.82, 2.24) is 15.3 Å². The number of nitrogens with zero attached hydrogens (tertiary/aromatic N) is 2. The first-order chi connectivity index (χ1) is 8.11. The van der Waals surface area contributed by atoms with E-state index in [1.807, 2.05) is 22.6 Å². The number of primary amides is 1. The molecule has 0 bridgehead atoms. The number of nitrogens with one attached hydrogen (secondary N) is 2. The number of anilines is 1. The topological polar surface area (TPSA) is 104 Å². The Morgan fingerprint density at radius 1 is 1.65 bits per heavy atom. The van der Waals surface area contributed by atoms with Gasteiger partial charge in [0.25, 0.3) is 5.56 Å². The van der Waals surface area contributed by atoms with E-state index < -0.39 is 11.9 Å². The second-order valence-electron chi connectivity index (χ2n) is 3.68. The summed E-state index contributed by atoms with van der Waals surface area (Å²) in [6.45, 7) is 1.80. The summed E-state index contributed by atoms with van der Waals surface area (Å²) in [7, 11) is 0. The Labute approximate surface area is 111 Å². The van der Waals surface area contributed by atoms with Gasteiger partial charge in [0, 0.05) is 19.6 Å². The molecular formula is C9H12IN5O2. The highest BCUT2D eigenvalue weighted by molar-refractivity contribution is 14.1. The molecule has 2 rings (SSSR count). The zero-order valence-corrected chi connectivity index (χ0v) is 11.1. The van der Waals surface area contributed by atoms with Gasteiger partial charge in [-0.1, -0.05) is 0 Å². The summed E-state index contributed by atoms with van der Waals surface area (Å²) < 4.78 is 0.471. The number of amides is 1. The Balaban J connectivity index is 2.39. The van der Waals surface area contributed by atoms with Crippen molar-refractivity contribution < 1.29 is 4.79 Å². The lowest BCUT2D eigenvalue weighted by Gasteiger charge is -2.35. The molecule has 0 aromatic carbocycles. The first kappa shape index (κ1) is 12.3. The molecule has 1 amide bonds. The summed E-state index contributed by atoms with van der Waals surface area (Å²) in [6, 6.07) is -0.466. The van der Waals surface area contributed by atoms with Crippen LogP contribution in [0.3, 0.4) is 0 Å². The Bertz CT molecular complexity index is 489. The molecule has 1 atom stereocenters. The number of rotatable bonds is 2. The molecule has 1 aromatic heterocycles. The number of carbonyl (C=O) groups excluding carboxylic acids is 1. The molecule has 1 aromatic rings. The molecule has 2 heterocycles. The lowest BCUT2D eigenvalue weighted by Crippen LogP contribution is -2.57. The molecule has 0 spiro atoms. The fraction of sp³-hybridized carbons (Fsp3) is 0.444. The van der Waals surface area contributed by atoms with E-state index in [4.69, 9.17) is 5.73 Å². The number of piperazine rings is 1. The first-order valence-corrected chi connectivity index (χ1v) is 6.19. The highest BCUT2D eigenvalue weighted by atomic mass is 127. The van der Waals surface area contributed by atoms with E-state index in [0.29, 0.717) is 22.5 Å². The molecule has 92 valence electrons. The van der Waals surface area contributed by atoms with Crippen LogP contribution in [0.2, 0.25) is 0 Å². The van der Waals surface area contributed by atoms with Crippen molar-refractivity contribution in [2.75, 3.05) is 24.5 Å². The normalized spacial score (nSPS) is 20.3. The maximum Gasteiger partial charge on any atom is 0.266 e. The van der Waals surface area contributed by atoms with E-state index >= 15 is 0 Å². The first-order valence-electron chi connectivity index (χ1n) is 5.11. The fourth-order valence-corrected chi connectivity index (χ4v) is 2.39.